The van der Waals surface area contributed by atoms with Crippen LogP contribution in [-0.2, 0) is 0 Å². The minimum atomic E-state index is -3.96. The fourth-order valence-corrected chi connectivity index (χ4v) is 3.01. The second kappa shape index (κ2) is 3.96. The van der Waals surface area contributed by atoms with Gasteiger partial charge in [0.15, 0.2) is 0 Å². The number of rotatable bonds is 0. The molecule has 2 rings (SSSR count). The lowest BCUT2D eigenvalue weighted by Gasteiger charge is -2.43. The van der Waals surface area contributed by atoms with Gasteiger partial charge in [-0.3, -0.25) is 0 Å². The zero-order valence-electron chi connectivity index (χ0n) is 8.87. The average Bonchev–Trinajstić information content (AvgIpc) is 2.18. The fraction of sp³-hybridized carbons (Fsp3) is 1.00. The van der Waals surface area contributed by atoms with Gasteiger partial charge in [-0.2, -0.15) is 13.2 Å². The van der Waals surface area contributed by atoms with Gasteiger partial charge >= 0.3 is 6.18 Å². The molecule has 1 saturated heterocycles. The van der Waals surface area contributed by atoms with Gasteiger partial charge in [-0.15, -0.1) is 0 Å². The molecule has 0 aromatic heterocycles. The molecule has 0 radical (unpaired) electrons. The van der Waals surface area contributed by atoms with Crippen LogP contribution >= 0.6 is 0 Å². The molecular weight excluding hydrogens is 203 g/mol. The highest BCUT2D eigenvalue weighted by Crippen LogP contribution is 2.48. The quantitative estimate of drug-likeness (QED) is 0.662. The zero-order valence-corrected chi connectivity index (χ0v) is 8.87. The Morgan fingerprint density at radius 2 is 1.47 bits per heavy atom. The summed E-state index contributed by atoms with van der Waals surface area (Å²) in [6.45, 7) is 1.97. The molecule has 0 amide bonds. The molecule has 88 valence electrons. The van der Waals surface area contributed by atoms with Gasteiger partial charge in [0.1, 0.15) is 0 Å². The third-order valence-electron chi connectivity index (χ3n) is 4.17. The van der Waals surface area contributed by atoms with E-state index >= 15 is 0 Å². The lowest BCUT2D eigenvalue weighted by Crippen LogP contribution is -2.41. The average molecular weight is 221 g/mol. The van der Waals surface area contributed by atoms with Gasteiger partial charge in [0, 0.05) is 0 Å². The van der Waals surface area contributed by atoms with Crippen molar-refractivity contribution < 1.29 is 13.2 Å². The summed E-state index contributed by atoms with van der Waals surface area (Å²) in [7, 11) is 0. The number of nitrogens with one attached hydrogen (secondary N) is 1. The maximum Gasteiger partial charge on any atom is 0.391 e. The van der Waals surface area contributed by atoms with Crippen LogP contribution in [-0.4, -0.2) is 19.3 Å². The second-order valence-electron chi connectivity index (χ2n) is 5.07. The van der Waals surface area contributed by atoms with Gasteiger partial charge in [0.25, 0.3) is 0 Å². The molecule has 2 fully saturated rings. The van der Waals surface area contributed by atoms with E-state index in [4.69, 9.17) is 0 Å². The summed E-state index contributed by atoms with van der Waals surface area (Å²) >= 11 is 0. The summed E-state index contributed by atoms with van der Waals surface area (Å²) < 4.78 is 37.5. The molecule has 0 aromatic carbocycles. The van der Waals surface area contributed by atoms with E-state index in [1.807, 2.05) is 0 Å². The number of hydrogen-bond acceptors (Lipinski definition) is 1. The Kier molecular flexibility index (Phi) is 2.97. The molecule has 1 nitrogen and oxygen atoms in total. The highest BCUT2D eigenvalue weighted by molar-refractivity contribution is 4.90. The molecule has 0 atom stereocenters. The summed E-state index contributed by atoms with van der Waals surface area (Å²) in [6.07, 6.45) is 0.425. The van der Waals surface area contributed by atoms with Crippen LogP contribution in [0, 0.1) is 11.3 Å². The normalized spacial score (nSPS) is 28.2. The van der Waals surface area contributed by atoms with E-state index in [1.54, 1.807) is 0 Å². The van der Waals surface area contributed by atoms with Crippen molar-refractivity contribution in [2.24, 2.45) is 11.3 Å². The van der Waals surface area contributed by atoms with Gasteiger partial charge in [0.05, 0.1) is 5.92 Å². The van der Waals surface area contributed by atoms with Crippen LogP contribution in [0.4, 0.5) is 13.2 Å². The maximum atomic E-state index is 12.5. The summed E-state index contributed by atoms with van der Waals surface area (Å²) in [6, 6.07) is 0. The number of hydrogen-bond donors (Lipinski definition) is 1. The molecule has 15 heavy (non-hydrogen) atoms. The van der Waals surface area contributed by atoms with E-state index in [0.717, 1.165) is 38.8 Å². The molecule has 1 heterocycles. The van der Waals surface area contributed by atoms with E-state index in [9.17, 15) is 13.2 Å². The maximum absolute atomic E-state index is 12.5. The van der Waals surface area contributed by atoms with E-state index in [1.165, 1.54) is 0 Å². The van der Waals surface area contributed by atoms with Crippen molar-refractivity contribution in [1.29, 1.82) is 0 Å². The van der Waals surface area contributed by atoms with Crippen LogP contribution in [0.25, 0.3) is 0 Å². The number of piperidine rings is 1. The molecule has 1 saturated carbocycles. The predicted molar refractivity (Wildman–Crippen MR) is 52.5 cm³/mol. The van der Waals surface area contributed by atoms with Crippen LogP contribution in [0.5, 0.6) is 0 Å². The monoisotopic (exact) mass is 221 g/mol. The Bertz CT molecular complexity index is 208. The first-order chi connectivity index (χ1) is 7.02. The third-order valence-corrected chi connectivity index (χ3v) is 4.17. The van der Waals surface area contributed by atoms with E-state index < -0.39 is 12.1 Å². The highest BCUT2D eigenvalue weighted by Gasteiger charge is 2.45. The molecule has 0 unspecified atom stereocenters. The summed E-state index contributed by atoms with van der Waals surface area (Å²) in [5.74, 6) is -1.03. The Hall–Kier alpha value is -0.250. The Labute approximate surface area is 88.4 Å². The molecule has 1 aliphatic carbocycles. The molecular formula is C11H18F3N. The minimum Gasteiger partial charge on any atom is -0.317 e. The molecule has 1 N–H and O–H groups in total. The summed E-state index contributed by atoms with van der Waals surface area (Å²) in [5, 5.41) is 3.28. The summed E-state index contributed by atoms with van der Waals surface area (Å²) in [5.41, 5.74) is 0.243. The van der Waals surface area contributed by atoms with Crippen LogP contribution in [0.15, 0.2) is 0 Å². The second-order valence-corrected chi connectivity index (χ2v) is 5.07. The van der Waals surface area contributed by atoms with Crippen molar-refractivity contribution in [2.45, 2.75) is 44.7 Å². The smallest absolute Gasteiger partial charge is 0.317 e. The van der Waals surface area contributed by atoms with E-state index in [0.29, 0.717) is 12.8 Å². The van der Waals surface area contributed by atoms with Crippen molar-refractivity contribution in [2.75, 3.05) is 13.1 Å². The molecule has 2 aliphatic rings. The SMILES string of the molecule is FC(F)(F)C1CCC2(CCNCC2)CC1. The molecule has 0 bridgehead atoms. The van der Waals surface area contributed by atoms with Gasteiger partial charge in [-0.1, -0.05) is 0 Å². The number of halogens is 3. The number of alkyl halides is 3. The van der Waals surface area contributed by atoms with Gasteiger partial charge in [0.2, 0.25) is 0 Å². The highest BCUT2D eigenvalue weighted by atomic mass is 19.4. The molecule has 1 aliphatic heterocycles. The summed E-state index contributed by atoms with van der Waals surface area (Å²) in [4.78, 5) is 0. The van der Waals surface area contributed by atoms with Crippen molar-refractivity contribution in [3.05, 3.63) is 0 Å². The van der Waals surface area contributed by atoms with Gasteiger partial charge in [-0.05, 0) is 57.0 Å². The first-order valence-electron chi connectivity index (χ1n) is 5.79. The Morgan fingerprint density at radius 1 is 0.933 bits per heavy atom. The van der Waals surface area contributed by atoms with E-state index in [2.05, 4.69) is 5.32 Å². The van der Waals surface area contributed by atoms with Crippen molar-refractivity contribution in [3.8, 4) is 0 Å². The first-order valence-corrected chi connectivity index (χ1v) is 5.79. The van der Waals surface area contributed by atoms with Crippen LogP contribution in [0.3, 0.4) is 0 Å². The molecule has 4 heteroatoms. The van der Waals surface area contributed by atoms with Crippen LogP contribution in [0.1, 0.15) is 38.5 Å². The Morgan fingerprint density at radius 3 is 1.93 bits per heavy atom. The van der Waals surface area contributed by atoms with Gasteiger partial charge in [-0.25, -0.2) is 0 Å². The van der Waals surface area contributed by atoms with Gasteiger partial charge < -0.3 is 5.32 Å². The van der Waals surface area contributed by atoms with Crippen molar-refractivity contribution in [3.63, 3.8) is 0 Å². The fourth-order valence-electron chi connectivity index (χ4n) is 3.01. The van der Waals surface area contributed by atoms with Crippen molar-refractivity contribution >= 4 is 0 Å². The van der Waals surface area contributed by atoms with Crippen molar-refractivity contribution in [1.82, 2.24) is 5.32 Å². The lowest BCUT2D eigenvalue weighted by atomic mass is 9.65. The molecule has 1 spiro atoms. The minimum absolute atomic E-state index is 0.243. The third kappa shape index (κ3) is 2.47. The lowest BCUT2D eigenvalue weighted by molar-refractivity contribution is -0.188. The topological polar surface area (TPSA) is 12.0 Å². The van der Waals surface area contributed by atoms with E-state index in [-0.39, 0.29) is 5.41 Å². The first kappa shape index (κ1) is 11.2. The largest absolute Gasteiger partial charge is 0.391 e. The zero-order chi connectivity index (χ0) is 10.9. The van der Waals surface area contributed by atoms with Crippen LogP contribution in [0.2, 0.25) is 0 Å². The van der Waals surface area contributed by atoms with Crippen LogP contribution < -0.4 is 5.32 Å². The molecule has 0 aromatic rings. The standard InChI is InChI=1S/C11H18F3N/c12-11(13,14)9-1-3-10(4-2-9)5-7-15-8-6-10/h9,15H,1-8H2. The predicted octanol–water partition coefficient (Wildman–Crippen LogP) is 3.11. The Balaban J connectivity index is 1.91.